The van der Waals surface area contributed by atoms with Crippen LogP contribution in [-0.4, -0.2) is 41.0 Å². The monoisotopic (exact) mass is 303 g/mol. The molecule has 1 aliphatic heterocycles. The van der Waals surface area contributed by atoms with Gasteiger partial charge in [0.05, 0.1) is 24.4 Å². The molecule has 110 valence electrons. The molecule has 0 spiro atoms. The molecule has 1 unspecified atom stereocenters. The second kappa shape index (κ2) is 6.32. The third-order valence-electron chi connectivity index (χ3n) is 3.63. The lowest BCUT2D eigenvalue weighted by Crippen LogP contribution is -2.23. The van der Waals surface area contributed by atoms with Crippen LogP contribution in [0, 0.1) is 5.92 Å². The Balaban J connectivity index is 1.62. The summed E-state index contributed by atoms with van der Waals surface area (Å²) in [5, 5.41) is 3.00. The number of ether oxygens (including phenoxy) is 1. The molecule has 6 heteroatoms. The van der Waals surface area contributed by atoms with Gasteiger partial charge in [-0.15, -0.1) is 11.3 Å². The number of nitrogens with zero attached hydrogens (tertiary/aromatic N) is 3. The zero-order chi connectivity index (χ0) is 14.7. The number of pyridine rings is 1. The van der Waals surface area contributed by atoms with Crippen LogP contribution in [0.4, 0.5) is 0 Å². The van der Waals surface area contributed by atoms with Gasteiger partial charge in [0.25, 0.3) is 0 Å². The van der Waals surface area contributed by atoms with Crippen LogP contribution < -0.4 is 0 Å². The standard InChI is InChI=1S/C15H17N3O2S/c1-20-15(19)11-5-7-18(8-11)9-12-10-21-14(17-12)13-4-2-3-6-16-13/h2-4,6,10-11H,5,7-9H2,1H3. The summed E-state index contributed by atoms with van der Waals surface area (Å²) in [6.07, 6.45) is 2.64. The van der Waals surface area contributed by atoms with Crippen molar-refractivity contribution in [3.8, 4) is 10.7 Å². The number of methoxy groups -OCH3 is 1. The Morgan fingerprint density at radius 2 is 2.43 bits per heavy atom. The van der Waals surface area contributed by atoms with Crippen molar-refractivity contribution in [2.24, 2.45) is 5.92 Å². The van der Waals surface area contributed by atoms with Crippen LogP contribution in [0.2, 0.25) is 0 Å². The highest BCUT2D eigenvalue weighted by molar-refractivity contribution is 7.13. The van der Waals surface area contributed by atoms with E-state index in [9.17, 15) is 4.79 Å². The molecule has 0 aliphatic carbocycles. The number of carbonyl (C=O) groups excluding carboxylic acids is 1. The minimum atomic E-state index is -0.107. The average molecular weight is 303 g/mol. The third-order valence-corrected chi connectivity index (χ3v) is 4.54. The van der Waals surface area contributed by atoms with Crippen molar-refractivity contribution >= 4 is 17.3 Å². The largest absolute Gasteiger partial charge is 0.469 e. The molecule has 0 N–H and O–H groups in total. The van der Waals surface area contributed by atoms with Gasteiger partial charge < -0.3 is 4.74 Å². The molecule has 1 saturated heterocycles. The molecule has 0 aromatic carbocycles. The van der Waals surface area contributed by atoms with E-state index >= 15 is 0 Å². The first-order valence-corrected chi connectivity index (χ1v) is 7.80. The van der Waals surface area contributed by atoms with Crippen LogP contribution in [-0.2, 0) is 16.1 Å². The normalized spacial score (nSPS) is 18.8. The highest BCUT2D eigenvalue weighted by Crippen LogP contribution is 2.24. The molecule has 0 amide bonds. The Hall–Kier alpha value is -1.79. The molecule has 0 bridgehead atoms. The van der Waals surface area contributed by atoms with Gasteiger partial charge in [0.1, 0.15) is 5.01 Å². The fourth-order valence-corrected chi connectivity index (χ4v) is 3.34. The quantitative estimate of drug-likeness (QED) is 0.811. The zero-order valence-electron chi connectivity index (χ0n) is 11.9. The minimum Gasteiger partial charge on any atom is -0.469 e. The fourth-order valence-electron chi connectivity index (χ4n) is 2.55. The van der Waals surface area contributed by atoms with Crippen molar-refractivity contribution in [1.29, 1.82) is 0 Å². The van der Waals surface area contributed by atoms with Crippen molar-refractivity contribution in [3.63, 3.8) is 0 Å². The summed E-state index contributed by atoms with van der Waals surface area (Å²) in [6.45, 7) is 2.44. The number of hydrogen-bond acceptors (Lipinski definition) is 6. The van der Waals surface area contributed by atoms with E-state index in [-0.39, 0.29) is 11.9 Å². The van der Waals surface area contributed by atoms with E-state index in [2.05, 4.69) is 20.2 Å². The van der Waals surface area contributed by atoms with Crippen LogP contribution in [0.5, 0.6) is 0 Å². The number of aromatic nitrogens is 2. The highest BCUT2D eigenvalue weighted by atomic mass is 32.1. The Bertz CT molecular complexity index is 614. The van der Waals surface area contributed by atoms with E-state index < -0.39 is 0 Å². The predicted octanol–water partition coefficient (Wildman–Crippen LogP) is 2.20. The summed E-state index contributed by atoms with van der Waals surface area (Å²) in [4.78, 5) is 22.7. The molecule has 1 fully saturated rings. The van der Waals surface area contributed by atoms with Crippen LogP contribution in [0.25, 0.3) is 10.7 Å². The van der Waals surface area contributed by atoms with Gasteiger partial charge in [-0.2, -0.15) is 0 Å². The second-order valence-electron chi connectivity index (χ2n) is 5.10. The zero-order valence-corrected chi connectivity index (χ0v) is 12.7. The lowest BCUT2D eigenvalue weighted by Gasteiger charge is -2.13. The number of rotatable bonds is 4. The SMILES string of the molecule is COC(=O)C1CCN(Cc2csc(-c3ccccn3)n2)C1. The van der Waals surface area contributed by atoms with Crippen LogP contribution in [0.15, 0.2) is 29.8 Å². The summed E-state index contributed by atoms with van der Waals surface area (Å²) >= 11 is 1.61. The van der Waals surface area contributed by atoms with Gasteiger partial charge in [0.15, 0.2) is 0 Å². The van der Waals surface area contributed by atoms with Crippen molar-refractivity contribution in [3.05, 3.63) is 35.5 Å². The van der Waals surface area contributed by atoms with Crippen molar-refractivity contribution in [2.45, 2.75) is 13.0 Å². The molecule has 2 aromatic rings. The van der Waals surface area contributed by atoms with Crippen LogP contribution in [0.3, 0.4) is 0 Å². The van der Waals surface area contributed by atoms with Crippen molar-refractivity contribution in [2.75, 3.05) is 20.2 Å². The Morgan fingerprint density at radius 3 is 3.19 bits per heavy atom. The van der Waals surface area contributed by atoms with Crippen molar-refractivity contribution < 1.29 is 9.53 Å². The first-order chi connectivity index (χ1) is 10.3. The minimum absolute atomic E-state index is 0.00361. The second-order valence-corrected chi connectivity index (χ2v) is 5.96. The Labute approximate surface area is 127 Å². The van der Waals surface area contributed by atoms with Gasteiger partial charge in [-0.05, 0) is 25.1 Å². The molecule has 3 rings (SSSR count). The molecule has 21 heavy (non-hydrogen) atoms. The molecule has 2 aromatic heterocycles. The van der Waals surface area contributed by atoms with Gasteiger partial charge in [-0.1, -0.05) is 6.07 Å². The Kier molecular flexibility index (Phi) is 4.26. The number of carbonyl (C=O) groups is 1. The van der Waals surface area contributed by atoms with Gasteiger partial charge in [-0.3, -0.25) is 14.7 Å². The van der Waals surface area contributed by atoms with E-state index in [1.807, 2.05) is 18.2 Å². The lowest BCUT2D eigenvalue weighted by molar-refractivity contribution is -0.144. The predicted molar refractivity (Wildman–Crippen MR) is 80.7 cm³/mol. The number of esters is 1. The van der Waals surface area contributed by atoms with E-state index in [1.54, 1.807) is 17.5 Å². The maximum atomic E-state index is 11.5. The molecule has 0 saturated carbocycles. The van der Waals surface area contributed by atoms with E-state index in [4.69, 9.17) is 4.74 Å². The van der Waals surface area contributed by atoms with E-state index in [0.29, 0.717) is 0 Å². The topological polar surface area (TPSA) is 55.3 Å². The van der Waals surface area contributed by atoms with Gasteiger partial charge >= 0.3 is 5.97 Å². The fraction of sp³-hybridized carbons (Fsp3) is 0.400. The van der Waals surface area contributed by atoms with Crippen LogP contribution >= 0.6 is 11.3 Å². The Morgan fingerprint density at radius 1 is 1.52 bits per heavy atom. The molecular weight excluding hydrogens is 286 g/mol. The molecule has 3 heterocycles. The number of thiazole rings is 1. The first kappa shape index (κ1) is 14.2. The summed E-state index contributed by atoms with van der Waals surface area (Å²) in [6, 6.07) is 5.83. The third kappa shape index (κ3) is 3.28. The summed E-state index contributed by atoms with van der Waals surface area (Å²) in [7, 11) is 1.45. The van der Waals surface area contributed by atoms with Crippen molar-refractivity contribution in [1.82, 2.24) is 14.9 Å². The summed E-state index contributed by atoms with van der Waals surface area (Å²) in [5.74, 6) is -0.103. The maximum absolute atomic E-state index is 11.5. The summed E-state index contributed by atoms with van der Waals surface area (Å²) < 4.78 is 4.81. The van der Waals surface area contributed by atoms with Gasteiger partial charge in [0.2, 0.25) is 0 Å². The van der Waals surface area contributed by atoms with E-state index in [0.717, 1.165) is 42.5 Å². The average Bonchev–Trinajstić information content (AvgIpc) is 3.17. The first-order valence-electron chi connectivity index (χ1n) is 6.92. The molecular formula is C15H17N3O2S. The molecule has 5 nitrogen and oxygen atoms in total. The highest BCUT2D eigenvalue weighted by Gasteiger charge is 2.29. The molecule has 1 atom stereocenters. The maximum Gasteiger partial charge on any atom is 0.310 e. The van der Waals surface area contributed by atoms with Gasteiger partial charge in [0, 0.05) is 24.7 Å². The van der Waals surface area contributed by atoms with Crippen LogP contribution in [0.1, 0.15) is 12.1 Å². The smallest absolute Gasteiger partial charge is 0.310 e. The number of hydrogen-bond donors (Lipinski definition) is 0. The van der Waals surface area contributed by atoms with E-state index in [1.165, 1.54) is 7.11 Å². The molecule has 0 radical (unpaired) electrons. The summed E-state index contributed by atoms with van der Waals surface area (Å²) in [5.41, 5.74) is 1.94. The molecule has 1 aliphatic rings. The number of likely N-dealkylation sites (tertiary alicyclic amines) is 1. The van der Waals surface area contributed by atoms with Gasteiger partial charge in [-0.25, -0.2) is 4.98 Å². The lowest BCUT2D eigenvalue weighted by atomic mass is 10.1.